The first-order valence-electron chi connectivity index (χ1n) is 6.63. The van der Waals surface area contributed by atoms with Crippen molar-refractivity contribution in [3.8, 4) is 5.75 Å². The van der Waals surface area contributed by atoms with Gasteiger partial charge in [0.15, 0.2) is 9.84 Å². The second kappa shape index (κ2) is 4.48. The molecule has 0 bridgehead atoms. The molecular weight excluding hydrogens is 280 g/mol. The zero-order chi connectivity index (χ0) is 14.4. The molecule has 0 atom stereocenters. The van der Waals surface area contributed by atoms with E-state index < -0.39 is 21.2 Å². The molecule has 2 fully saturated rings. The predicted octanol–water partition coefficient (Wildman–Crippen LogP) is 1.37. The van der Waals surface area contributed by atoms with Crippen LogP contribution in [0.3, 0.4) is 0 Å². The van der Waals surface area contributed by atoms with Crippen molar-refractivity contribution in [1.29, 1.82) is 0 Å². The summed E-state index contributed by atoms with van der Waals surface area (Å²) in [5, 5.41) is 9.50. The van der Waals surface area contributed by atoms with Crippen LogP contribution in [0.1, 0.15) is 24.8 Å². The summed E-state index contributed by atoms with van der Waals surface area (Å²) >= 11 is 0. The molecule has 20 heavy (non-hydrogen) atoms. The number of carbonyl (C=O) groups is 1. The normalized spacial score (nSPS) is 23.4. The molecule has 0 amide bonds. The van der Waals surface area contributed by atoms with Crippen molar-refractivity contribution >= 4 is 15.8 Å². The lowest BCUT2D eigenvalue weighted by Crippen LogP contribution is -2.46. The van der Waals surface area contributed by atoms with Crippen molar-refractivity contribution in [2.45, 2.75) is 30.8 Å². The van der Waals surface area contributed by atoms with Crippen LogP contribution in [0.15, 0.2) is 24.3 Å². The van der Waals surface area contributed by atoms with Crippen LogP contribution >= 0.6 is 0 Å². The number of hydrogen-bond donors (Lipinski definition) is 1. The molecule has 3 rings (SSSR count). The van der Waals surface area contributed by atoms with Gasteiger partial charge in [0.2, 0.25) is 0 Å². The summed E-state index contributed by atoms with van der Waals surface area (Å²) in [6.45, 7) is 0. The summed E-state index contributed by atoms with van der Waals surface area (Å²) in [6.07, 6.45) is 1.74. The van der Waals surface area contributed by atoms with Crippen LogP contribution in [0.5, 0.6) is 5.75 Å². The van der Waals surface area contributed by atoms with E-state index in [-0.39, 0.29) is 17.6 Å². The lowest BCUT2D eigenvalue weighted by molar-refractivity contribution is -0.147. The van der Waals surface area contributed by atoms with Gasteiger partial charge in [-0.2, -0.15) is 0 Å². The number of ether oxygens (including phenoxy) is 1. The van der Waals surface area contributed by atoms with Gasteiger partial charge in [0.25, 0.3) is 0 Å². The van der Waals surface area contributed by atoms with Gasteiger partial charge in [0, 0.05) is 5.56 Å². The Kier molecular flexibility index (Phi) is 3.01. The van der Waals surface area contributed by atoms with Gasteiger partial charge < -0.3 is 9.84 Å². The number of sulfone groups is 1. The molecule has 1 aromatic rings. The highest BCUT2D eigenvalue weighted by Crippen LogP contribution is 2.47. The van der Waals surface area contributed by atoms with Gasteiger partial charge in [-0.1, -0.05) is 24.6 Å². The summed E-state index contributed by atoms with van der Waals surface area (Å²) in [5.41, 5.74) is -0.192. The van der Waals surface area contributed by atoms with Crippen molar-refractivity contribution in [2.75, 3.05) is 11.5 Å². The molecule has 6 heteroatoms. The molecule has 0 aromatic heterocycles. The van der Waals surface area contributed by atoms with Crippen LogP contribution in [-0.2, 0) is 20.0 Å². The average molecular weight is 296 g/mol. The van der Waals surface area contributed by atoms with E-state index in [9.17, 15) is 18.3 Å². The average Bonchev–Trinajstić information content (AvgIpc) is 2.27. The van der Waals surface area contributed by atoms with Gasteiger partial charge in [-0.25, -0.2) is 8.42 Å². The van der Waals surface area contributed by atoms with E-state index >= 15 is 0 Å². The molecule has 0 unspecified atom stereocenters. The van der Waals surface area contributed by atoms with Gasteiger partial charge in [-0.3, -0.25) is 4.79 Å². The molecule has 1 aromatic carbocycles. The fourth-order valence-electron chi connectivity index (χ4n) is 2.86. The number of para-hydroxylation sites is 1. The number of hydrogen-bond acceptors (Lipinski definition) is 4. The number of carboxylic acid groups (broad SMARTS) is 1. The molecule has 0 spiro atoms. The van der Waals surface area contributed by atoms with Gasteiger partial charge in [0.1, 0.15) is 11.9 Å². The molecule has 1 N–H and O–H groups in total. The Bertz CT molecular complexity index is 633. The van der Waals surface area contributed by atoms with Crippen molar-refractivity contribution in [1.82, 2.24) is 0 Å². The minimum absolute atomic E-state index is 0.0153. The van der Waals surface area contributed by atoms with Crippen molar-refractivity contribution in [3.63, 3.8) is 0 Å². The topological polar surface area (TPSA) is 80.7 Å². The molecule has 1 saturated carbocycles. The van der Waals surface area contributed by atoms with E-state index in [1.165, 1.54) is 0 Å². The second-order valence-corrected chi connectivity index (χ2v) is 7.71. The first-order valence-corrected chi connectivity index (χ1v) is 8.45. The molecule has 2 aliphatic rings. The summed E-state index contributed by atoms with van der Waals surface area (Å²) in [5.74, 6) is -0.293. The van der Waals surface area contributed by atoms with Crippen LogP contribution in [0, 0.1) is 0 Å². The monoisotopic (exact) mass is 296 g/mol. The van der Waals surface area contributed by atoms with Crippen LogP contribution in [0.2, 0.25) is 0 Å². The Labute approximate surface area is 117 Å². The zero-order valence-corrected chi connectivity index (χ0v) is 11.7. The maximum Gasteiger partial charge on any atom is 0.314 e. The Morgan fingerprint density at radius 1 is 1.25 bits per heavy atom. The molecule has 1 heterocycles. The lowest BCUT2D eigenvalue weighted by Gasteiger charge is -2.39. The lowest BCUT2D eigenvalue weighted by atomic mass is 9.64. The Hall–Kier alpha value is -1.56. The highest BCUT2D eigenvalue weighted by molar-refractivity contribution is 7.92. The summed E-state index contributed by atoms with van der Waals surface area (Å²) in [4.78, 5) is 11.6. The SMILES string of the molecule is O=C(O)C1(c2ccccc2OC2CS(=O)(=O)C2)CCC1. The maximum absolute atomic E-state index is 11.6. The third-order valence-electron chi connectivity index (χ3n) is 4.19. The van der Waals surface area contributed by atoms with Crippen molar-refractivity contribution < 1.29 is 23.1 Å². The molecule has 1 saturated heterocycles. The zero-order valence-electron chi connectivity index (χ0n) is 10.9. The molecule has 108 valence electrons. The second-order valence-electron chi connectivity index (χ2n) is 5.55. The largest absolute Gasteiger partial charge is 0.488 e. The molecule has 5 nitrogen and oxygen atoms in total. The fourth-order valence-corrected chi connectivity index (χ4v) is 4.03. The van der Waals surface area contributed by atoms with Gasteiger partial charge >= 0.3 is 5.97 Å². The van der Waals surface area contributed by atoms with E-state index in [4.69, 9.17) is 4.74 Å². The molecule has 0 radical (unpaired) electrons. The number of rotatable bonds is 4. The summed E-state index contributed by atoms with van der Waals surface area (Å²) in [6, 6.07) is 7.07. The highest BCUT2D eigenvalue weighted by atomic mass is 32.2. The Morgan fingerprint density at radius 2 is 1.90 bits per heavy atom. The smallest absolute Gasteiger partial charge is 0.314 e. The number of aliphatic carboxylic acids is 1. The third kappa shape index (κ3) is 2.08. The molecule has 1 aliphatic carbocycles. The highest BCUT2D eigenvalue weighted by Gasteiger charge is 2.48. The quantitative estimate of drug-likeness (QED) is 0.907. The Balaban J connectivity index is 1.87. The van der Waals surface area contributed by atoms with E-state index in [1.54, 1.807) is 24.3 Å². The third-order valence-corrected chi connectivity index (χ3v) is 5.95. The standard InChI is InChI=1S/C14H16O5S/c15-13(16)14(6-3-7-14)11-4-1-2-5-12(11)19-10-8-20(17,18)9-10/h1-2,4-5,10H,3,6-9H2,(H,15,16). The summed E-state index contributed by atoms with van der Waals surface area (Å²) < 4.78 is 28.0. The number of carboxylic acids is 1. The first-order chi connectivity index (χ1) is 9.43. The predicted molar refractivity (Wildman–Crippen MR) is 72.7 cm³/mol. The van der Waals surface area contributed by atoms with Crippen LogP contribution in [0.4, 0.5) is 0 Å². The van der Waals surface area contributed by atoms with Crippen LogP contribution < -0.4 is 4.74 Å². The van der Waals surface area contributed by atoms with Gasteiger partial charge in [-0.05, 0) is 18.9 Å². The van der Waals surface area contributed by atoms with E-state index in [0.29, 0.717) is 24.2 Å². The number of benzene rings is 1. The van der Waals surface area contributed by atoms with Crippen molar-refractivity contribution in [2.24, 2.45) is 0 Å². The van der Waals surface area contributed by atoms with Crippen LogP contribution in [-0.4, -0.2) is 37.1 Å². The summed E-state index contributed by atoms with van der Waals surface area (Å²) in [7, 11) is -2.95. The molecular formula is C14H16O5S. The maximum atomic E-state index is 11.6. The van der Waals surface area contributed by atoms with E-state index in [0.717, 1.165) is 6.42 Å². The fraction of sp³-hybridized carbons (Fsp3) is 0.500. The van der Waals surface area contributed by atoms with E-state index in [2.05, 4.69) is 0 Å². The van der Waals surface area contributed by atoms with Gasteiger partial charge in [0.05, 0.1) is 16.9 Å². The van der Waals surface area contributed by atoms with Crippen LogP contribution in [0.25, 0.3) is 0 Å². The van der Waals surface area contributed by atoms with Gasteiger partial charge in [-0.15, -0.1) is 0 Å². The Morgan fingerprint density at radius 3 is 2.40 bits per heavy atom. The first kappa shape index (κ1) is 13.4. The minimum atomic E-state index is -2.95. The van der Waals surface area contributed by atoms with E-state index in [1.807, 2.05) is 0 Å². The minimum Gasteiger partial charge on any atom is -0.488 e. The molecule has 1 aliphatic heterocycles. The van der Waals surface area contributed by atoms with Crippen molar-refractivity contribution in [3.05, 3.63) is 29.8 Å².